The van der Waals surface area contributed by atoms with E-state index in [0.29, 0.717) is 6.04 Å². The Hall–Kier alpha value is -1.32. The summed E-state index contributed by atoms with van der Waals surface area (Å²) in [6, 6.07) is 4.88. The first kappa shape index (κ1) is 12.7. The number of hydrogen-bond donors (Lipinski definition) is 2. The Labute approximate surface area is 115 Å². The van der Waals surface area contributed by atoms with Crippen LogP contribution in [0.5, 0.6) is 0 Å². The van der Waals surface area contributed by atoms with E-state index in [1.165, 1.54) is 33.3 Å². The molecular formula is C16H23N3. The third-order valence-corrected chi connectivity index (χ3v) is 4.33. The molecule has 3 heteroatoms. The number of piperazine rings is 1. The van der Waals surface area contributed by atoms with Crippen LogP contribution in [-0.2, 0) is 0 Å². The van der Waals surface area contributed by atoms with Crippen LogP contribution in [0.2, 0.25) is 0 Å². The molecular weight excluding hydrogens is 234 g/mol. The number of hydrogen-bond acceptors (Lipinski definition) is 2. The van der Waals surface area contributed by atoms with Crippen molar-refractivity contribution in [3.8, 4) is 0 Å². The molecule has 0 radical (unpaired) electrons. The molecule has 3 rings (SSSR count). The van der Waals surface area contributed by atoms with Crippen molar-refractivity contribution >= 4 is 10.9 Å². The van der Waals surface area contributed by atoms with Crippen LogP contribution in [-0.4, -0.2) is 36.6 Å². The van der Waals surface area contributed by atoms with Gasteiger partial charge >= 0.3 is 0 Å². The highest BCUT2D eigenvalue weighted by Crippen LogP contribution is 2.33. The summed E-state index contributed by atoms with van der Waals surface area (Å²) in [6.45, 7) is 9.88. The number of H-pyrrole nitrogens is 1. The van der Waals surface area contributed by atoms with E-state index < -0.39 is 0 Å². The van der Waals surface area contributed by atoms with Gasteiger partial charge in [-0.2, -0.15) is 0 Å². The van der Waals surface area contributed by atoms with Gasteiger partial charge in [0.25, 0.3) is 0 Å². The molecule has 0 aliphatic carbocycles. The Morgan fingerprint density at radius 2 is 1.89 bits per heavy atom. The molecule has 1 saturated heterocycles. The molecule has 102 valence electrons. The standard InChI is InChI=1S/C16H23N3/c1-10-5-6-11(2)16-14(10)15(12(3)18-16)13-9-19(4)8-7-17-13/h5-6,13,17-18H,7-9H2,1-4H3. The van der Waals surface area contributed by atoms with Crippen molar-refractivity contribution in [3.05, 3.63) is 34.5 Å². The summed E-state index contributed by atoms with van der Waals surface area (Å²) in [4.78, 5) is 6.00. The lowest BCUT2D eigenvalue weighted by atomic mass is 9.97. The van der Waals surface area contributed by atoms with E-state index in [1.807, 2.05) is 0 Å². The Balaban J connectivity index is 2.17. The summed E-state index contributed by atoms with van der Waals surface area (Å²) in [5, 5.41) is 5.09. The lowest BCUT2D eigenvalue weighted by Crippen LogP contribution is -2.43. The van der Waals surface area contributed by atoms with Gasteiger partial charge in [0.05, 0.1) is 0 Å². The summed E-state index contributed by atoms with van der Waals surface area (Å²) < 4.78 is 0. The van der Waals surface area contributed by atoms with Crippen molar-refractivity contribution in [2.24, 2.45) is 0 Å². The van der Waals surface area contributed by atoms with E-state index in [-0.39, 0.29) is 0 Å². The van der Waals surface area contributed by atoms with Gasteiger partial charge < -0.3 is 15.2 Å². The molecule has 0 bridgehead atoms. The highest BCUT2D eigenvalue weighted by atomic mass is 15.2. The molecule has 2 heterocycles. The number of nitrogens with one attached hydrogen (secondary N) is 2. The zero-order chi connectivity index (χ0) is 13.6. The summed E-state index contributed by atoms with van der Waals surface area (Å²) in [5.41, 5.74) is 6.78. The SMILES string of the molecule is Cc1[nH]c2c(C)ccc(C)c2c1C1CN(C)CCN1. The summed E-state index contributed by atoms with van der Waals surface area (Å²) in [6.07, 6.45) is 0. The van der Waals surface area contributed by atoms with E-state index in [4.69, 9.17) is 0 Å². The van der Waals surface area contributed by atoms with Gasteiger partial charge in [-0.05, 0) is 44.5 Å². The van der Waals surface area contributed by atoms with Gasteiger partial charge in [0.2, 0.25) is 0 Å². The Bertz CT molecular complexity index is 612. The summed E-state index contributed by atoms with van der Waals surface area (Å²) in [5.74, 6) is 0. The zero-order valence-corrected chi connectivity index (χ0v) is 12.3. The molecule has 2 N–H and O–H groups in total. The van der Waals surface area contributed by atoms with Crippen LogP contribution in [0, 0.1) is 20.8 Å². The summed E-state index contributed by atoms with van der Waals surface area (Å²) in [7, 11) is 2.20. The van der Waals surface area contributed by atoms with Gasteiger partial charge in [0, 0.05) is 42.3 Å². The zero-order valence-electron chi connectivity index (χ0n) is 12.3. The van der Waals surface area contributed by atoms with Gasteiger partial charge in [0.1, 0.15) is 0 Å². The fraction of sp³-hybridized carbons (Fsp3) is 0.500. The van der Waals surface area contributed by atoms with Gasteiger partial charge in [-0.15, -0.1) is 0 Å². The number of nitrogens with zero attached hydrogens (tertiary/aromatic N) is 1. The van der Waals surface area contributed by atoms with E-state index in [1.54, 1.807) is 0 Å². The van der Waals surface area contributed by atoms with Crippen molar-refractivity contribution in [3.63, 3.8) is 0 Å². The minimum Gasteiger partial charge on any atom is -0.358 e. The van der Waals surface area contributed by atoms with E-state index >= 15 is 0 Å². The molecule has 19 heavy (non-hydrogen) atoms. The molecule has 1 fully saturated rings. The minimum absolute atomic E-state index is 0.438. The first-order chi connectivity index (χ1) is 9.08. The van der Waals surface area contributed by atoms with Crippen molar-refractivity contribution in [2.75, 3.05) is 26.7 Å². The van der Waals surface area contributed by atoms with Crippen molar-refractivity contribution in [2.45, 2.75) is 26.8 Å². The third kappa shape index (κ3) is 2.07. The molecule has 0 amide bonds. The number of aromatic nitrogens is 1. The molecule has 1 unspecified atom stereocenters. The molecule has 0 spiro atoms. The highest BCUT2D eigenvalue weighted by molar-refractivity contribution is 5.90. The predicted octanol–water partition coefficient (Wildman–Crippen LogP) is 2.67. The van der Waals surface area contributed by atoms with Crippen LogP contribution in [0.25, 0.3) is 10.9 Å². The lowest BCUT2D eigenvalue weighted by molar-refractivity contribution is 0.241. The Morgan fingerprint density at radius 3 is 2.63 bits per heavy atom. The monoisotopic (exact) mass is 257 g/mol. The maximum atomic E-state index is 3.67. The third-order valence-electron chi connectivity index (χ3n) is 4.33. The van der Waals surface area contributed by atoms with Gasteiger partial charge in [-0.1, -0.05) is 12.1 Å². The van der Waals surface area contributed by atoms with Gasteiger partial charge in [-0.3, -0.25) is 0 Å². The average Bonchev–Trinajstić information content (AvgIpc) is 2.73. The lowest BCUT2D eigenvalue weighted by Gasteiger charge is -2.31. The van der Waals surface area contributed by atoms with Crippen LogP contribution in [0.4, 0.5) is 0 Å². The van der Waals surface area contributed by atoms with Crippen LogP contribution in [0.15, 0.2) is 12.1 Å². The van der Waals surface area contributed by atoms with Crippen molar-refractivity contribution < 1.29 is 0 Å². The number of aryl methyl sites for hydroxylation is 3. The van der Waals surface area contributed by atoms with E-state index in [9.17, 15) is 0 Å². The number of fused-ring (bicyclic) bond motifs is 1. The second-order valence-corrected chi connectivity index (χ2v) is 5.88. The van der Waals surface area contributed by atoms with E-state index in [0.717, 1.165) is 19.6 Å². The largest absolute Gasteiger partial charge is 0.358 e. The molecule has 3 nitrogen and oxygen atoms in total. The fourth-order valence-electron chi connectivity index (χ4n) is 3.29. The van der Waals surface area contributed by atoms with Crippen LogP contribution >= 0.6 is 0 Å². The van der Waals surface area contributed by atoms with Crippen molar-refractivity contribution in [1.29, 1.82) is 0 Å². The summed E-state index contributed by atoms with van der Waals surface area (Å²) >= 11 is 0. The Kier molecular flexibility index (Phi) is 3.11. The fourth-order valence-corrected chi connectivity index (χ4v) is 3.29. The molecule has 1 aromatic carbocycles. The quantitative estimate of drug-likeness (QED) is 0.823. The molecule has 1 aromatic heterocycles. The number of aromatic amines is 1. The number of benzene rings is 1. The average molecular weight is 257 g/mol. The van der Waals surface area contributed by atoms with Crippen LogP contribution < -0.4 is 5.32 Å². The second kappa shape index (κ2) is 4.66. The molecule has 1 aliphatic heterocycles. The highest BCUT2D eigenvalue weighted by Gasteiger charge is 2.24. The molecule has 2 aromatic rings. The number of rotatable bonds is 1. The smallest absolute Gasteiger partial charge is 0.0491 e. The first-order valence-corrected chi connectivity index (χ1v) is 7.08. The second-order valence-electron chi connectivity index (χ2n) is 5.88. The molecule has 0 saturated carbocycles. The van der Waals surface area contributed by atoms with Crippen molar-refractivity contribution in [1.82, 2.24) is 15.2 Å². The maximum Gasteiger partial charge on any atom is 0.0491 e. The maximum absolute atomic E-state index is 3.67. The first-order valence-electron chi connectivity index (χ1n) is 7.08. The topological polar surface area (TPSA) is 31.1 Å². The molecule has 1 atom stereocenters. The number of likely N-dealkylation sites (N-methyl/N-ethyl adjacent to an activating group) is 1. The normalized spacial score (nSPS) is 21.2. The van der Waals surface area contributed by atoms with Crippen LogP contribution in [0.1, 0.15) is 28.4 Å². The van der Waals surface area contributed by atoms with E-state index in [2.05, 4.69) is 55.2 Å². The van der Waals surface area contributed by atoms with Crippen LogP contribution in [0.3, 0.4) is 0 Å². The van der Waals surface area contributed by atoms with Gasteiger partial charge in [-0.25, -0.2) is 0 Å². The molecule has 1 aliphatic rings. The van der Waals surface area contributed by atoms with Gasteiger partial charge in [0.15, 0.2) is 0 Å². The minimum atomic E-state index is 0.438. The predicted molar refractivity (Wildman–Crippen MR) is 80.8 cm³/mol. The Morgan fingerprint density at radius 1 is 1.16 bits per heavy atom.